The molecular formula is C59H35N5. The predicted octanol–water partition coefficient (Wildman–Crippen LogP) is 13.9. The topological polar surface area (TPSA) is 67.4 Å². The maximum atomic E-state index is 11.1. The molecule has 11 aromatic rings. The molecule has 0 N–H and O–H groups in total. The Morgan fingerprint density at radius 3 is 1.52 bits per heavy atom. The van der Waals surface area contributed by atoms with E-state index in [-0.39, 0.29) is 0 Å². The van der Waals surface area contributed by atoms with Crippen molar-refractivity contribution in [2.75, 3.05) is 0 Å². The number of hydrogen-bond donors (Lipinski definition) is 0. The molecule has 1 spiro atoms. The van der Waals surface area contributed by atoms with Crippen molar-refractivity contribution in [2.24, 2.45) is 0 Å². The Balaban J connectivity index is 1.06. The SMILES string of the molecule is N#Cc1cc(-c2nc(-c3ccccc3)nc(-c3ccccc3)n2)ccc1-n1c2ccccc2c2cc3c(cc21)C1(c2ccccc2-c2ccccc21)c1ccc(-c2ccccc2)cc1-3. The van der Waals surface area contributed by atoms with Gasteiger partial charge in [0, 0.05) is 27.5 Å². The summed E-state index contributed by atoms with van der Waals surface area (Å²) in [5, 5.41) is 13.3. The molecule has 2 heterocycles. The van der Waals surface area contributed by atoms with Gasteiger partial charge in [-0.3, -0.25) is 0 Å². The standard InChI is InChI=1S/C59H35N5/c60-36-42-32-41(58-62-56(38-18-6-2-7-19-38)61-57(63-58)39-20-8-3-9-21-39)29-31-53(42)64-54-27-15-12-24-45(54)48-34-47-46-33-40(37-16-4-1-5-17-37)28-30-51(46)59(52(47)35-55(48)64)49-25-13-10-22-43(49)44-23-11-14-26-50(44)59/h1-35H. The Kier molecular flexibility index (Phi) is 7.82. The summed E-state index contributed by atoms with van der Waals surface area (Å²) >= 11 is 0. The molecule has 0 saturated carbocycles. The predicted molar refractivity (Wildman–Crippen MR) is 257 cm³/mol. The van der Waals surface area contributed by atoms with Crippen molar-refractivity contribution in [3.05, 3.63) is 240 Å². The lowest BCUT2D eigenvalue weighted by Crippen LogP contribution is -2.25. The highest BCUT2D eigenvalue weighted by Crippen LogP contribution is 2.63. The van der Waals surface area contributed by atoms with Gasteiger partial charge in [-0.2, -0.15) is 5.26 Å². The minimum absolute atomic E-state index is 0.504. The maximum Gasteiger partial charge on any atom is 0.164 e. The van der Waals surface area contributed by atoms with Crippen LogP contribution in [-0.4, -0.2) is 19.5 Å². The van der Waals surface area contributed by atoms with Gasteiger partial charge in [-0.05, 0) is 98.1 Å². The fourth-order valence-electron chi connectivity index (χ4n) is 10.6. The highest BCUT2D eigenvalue weighted by molar-refractivity contribution is 6.13. The van der Waals surface area contributed by atoms with Gasteiger partial charge in [-0.25, -0.2) is 15.0 Å². The molecule has 0 bridgehead atoms. The molecule has 13 rings (SSSR count). The number of fused-ring (bicyclic) bond motifs is 13. The van der Waals surface area contributed by atoms with Crippen LogP contribution >= 0.6 is 0 Å². The van der Waals surface area contributed by atoms with E-state index < -0.39 is 5.41 Å². The van der Waals surface area contributed by atoms with Gasteiger partial charge in [-0.15, -0.1) is 0 Å². The van der Waals surface area contributed by atoms with Crippen molar-refractivity contribution in [3.63, 3.8) is 0 Å². The van der Waals surface area contributed by atoms with Crippen LogP contribution in [0, 0.1) is 11.3 Å². The normalized spacial score (nSPS) is 12.8. The Bertz CT molecular complexity index is 3630. The first-order valence-corrected chi connectivity index (χ1v) is 21.6. The Labute approximate surface area is 369 Å². The number of rotatable bonds is 5. The number of benzene rings is 9. The van der Waals surface area contributed by atoms with E-state index in [9.17, 15) is 5.26 Å². The summed E-state index contributed by atoms with van der Waals surface area (Å²) in [6.45, 7) is 0. The molecule has 2 aliphatic carbocycles. The third-order valence-electron chi connectivity index (χ3n) is 13.3. The zero-order valence-electron chi connectivity index (χ0n) is 34.4. The van der Waals surface area contributed by atoms with Crippen LogP contribution in [0.15, 0.2) is 212 Å². The minimum atomic E-state index is -0.546. The zero-order valence-corrected chi connectivity index (χ0v) is 34.4. The highest BCUT2D eigenvalue weighted by atomic mass is 15.0. The van der Waals surface area contributed by atoms with Gasteiger partial charge in [0.1, 0.15) is 6.07 Å². The second kappa shape index (κ2) is 13.9. The fourth-order valence-corrected chi connectivity index (χ4v) is 10.6. The summed E-state index contributed by atoms with van der Waals surface area (Å²) in [4.78, 5) is 14.9. The molecule has 296 valence electrons. The van der Waals surface area contributed by atoms with Crippen molar-refractivity contribution >= 4 is 21.8 Å². The number of aromatic nitrogens is 4. The first-order valence-electron chi connectivity index (χ1n) is 21.6. The van der Waals surface area contributed by atoms with Crippen LogP contribution < -0.4 is 0 Å². The van der Waals surface area contributed by atoms with E-state index in [4.69, 9.17) is 15.0 Å². The monoisotopic (exact) mass is 813 g/mol. The van der Waals surface area contributed by atoms with E-state index in [1.807, 2.05) is 72.8 Å². The van der Waals surface area contributed by atoms with E-state index in [1.54, 1.807) is 0 Å². The molecule has 0 radical (unpaired) electrons. The van der Waals surface area contributed by atoms with Crippen LogP contribution in [-0.2, 0) is 5.41 Å². The van der Waals surface area contributed by atoms with E-state index in [2.05, 4.69) is 150 Å². The van der Waals surface area contributed by atoms with Gasteiger partial charge in [0.25, 0.3) is 0 Å². The second-order valence-corrected chi connectivity index (χ2v) is 16.6. The first kappa shape index (κ1) is 36.0. The number of nitriles is 1. The molecule has 0 aliphatic heterocycles. The van der Waals surface area contributed by atoms with Gasteiger partial charge >= 0.3 is 0 Å². The van der Waals surface area contributed by atoms with Gasteiger partial charge in [0.2, 0.25) is 0 Å². The van der Waals surface area contributed by atoms with Gasteiger partial charge in [0.05, 0.1) is 27.7 Å². The van der Waals surface area contributed by atoms with Crippen LogP contribution in [0.25, 0.3) is 95.0 Å². The molecule has 0 amide bonds. The smallest absolute Gasteiger partial charge is 0.164 e. The average Bonchev–Trinajstić information content (AvgIpc) is 3.97. The van der Waals surface area contributed by atoms with Crippen molar-refractivity contribution in [2.45, 2.75) is 5.41 Å². The van der Waals surface area contributed by atoms with Gasteiger partial charge in [-0.1, -0.05) is 170 Å². The molecule has 2 aliphatic rings. The van der Waals surface area contributed by atoms with Crippen LogP contribution in [0.1, 0.15) is 27.8 Å². The minimum Gasteiger partial charge on any atom is -0.308 e. The number of hydrogen-bond acceptors (Lipinski definition) is 4. The van der Waals surface area contributed by atoms with Crippen LogP contribution in [0.2, 0.25) is 0 Å². The van der Waals surface area contributed by atoms with Crippen LogP contribution in [0.3, 0.4) is 0 Å². The second-order valence-electron chi connectivity index (χ2n) is 16.6. The van der Waals surface area contributed by atoms with Crippen LogP contribution in [0.4, 0.5) is 0 Å². The van der Waals surface area contributed by atoms with Gasteiger partial charge < -0.3 is 4.57 Å². The zero-order chi connectivity index (χ0) is 42.4. The number of nitrogens with zero attached hydrogens (tertiary/aromatic N) is 5. The summed E-state index contributed by atoms with van der Waals surface area (Å²) in [5.74, 6) is 1.65. The van der Waals surface area contributed by atoms with E-state index >= 15 is 0 Å². The molecule has 5 heteroatoms. The van der Waals surface area contributed by atoms with Gasteiger partial charge in [0.15, 0.2) is 17.5 Å². The maximum absolute atomic E-state index is 11.1. The van der Waals surface area contributed by atoms with Crippen molar-refractivity contribution in [1.29, 1.82) is 5.26 Å². The van der Waals surface area contributed by atoms with E-state index in [0.717, 1.165) is 44.2 Å². The summed E-state index contributed by atoms with van der Waals surface area (Å²) < 4.78 is 2.28. The van der Waals surface area contributed by atoms with Crippen molar-refractivity contribution < 1.29 is 0 Å². The molecule has 0 fully saturated rings. The van der Waals surface area contributed by atoms with Crippen molar-refractivity contribution in [1.82, 2.24) is 19.5 Å². The summed E-state index contributed by atoms with van der Waals surface area (Å²) in [6, 6.07) is 77.5. The third kappa shape index (κ3) is 5.14. The van der Waals surface area contributed by atoms with Crippen molar-refractivity contribution in [3.8, 4) is 79.3 Å². The highest BCUT2D eigenvalue weighted by Gasteiger charge is 2.52. The van der Waals surface area contributed by atoms with Crippen LogP contribution in [0.5, 0.6) is 0 Å². The Morgan fingerprint density at radius 2 is 0.875 bits per heavy atom. The lowest BCUT2D eigenvalue weighted by molar-refractivity contribution is 0.794. The lowest BCUT2D eigenvalue weighted by Gasteiger charge is -2.30. The Morgan fingerprint density at radius 1 is 0.359 bits per heavy atom. The molecule has 9 aromatic carbocycles. The van der Waals surface area contributed by atoms with E-state index in [1.165, 1.54) is 55.6 Å². The largest absolute Gasteiger partial charge is 0.308 e. The molecule has 0 unspecified atom stereocenters. The summed E-state index contributed by atoms with van der Waals surface area (Å²) in [5.41, 5.74) is 17.8. The quantitative estimate of drug-likeness (QED) is 0.174. The molecule has 0 atom stereocenters. The summed E-state index contributed by atoms with van der Waals surface area (Å²) in [6.07, 6.45) is 0. The molecule has 64 heavy (non-hydrogen) atoms. The molecule has 2 aromatic heterocycles. The average molecular weight is 814 g/mol. The fraction of sp³-hybridized carbons (Fsp3) is 0.0169. The first-order chi connectivity index (χ1) is 31.7. The molecular weight excluding hydrogens is 779 g/mol. The Hall–Kier alpha value is -8.72. The lowest BCUT2D eigenvalue weighted by atomic mass is 9.70. The third-order valence-corrected chi connectivity index (χ3v) is 13.3. The molecule has 5 nitrogen and oxygen atoms in total. The summed E-state index contributed by atoms with van der Waals surface area (Å²) in [7, 11) is 0. The number of para-hydroxylation sites is 1. The van der Waals surface area contributed by atoms with E-state index in [0.29, 0.717) is 23.0 Å². The molecule has 0 saturated heterocycles.